The molecule has 27 heavy (non-hydrogen) atoms. The molecule has 2 aliphatic heterocycles. The number of carbonyl (C=O) groups is 1. The van der Waals surface area contributed by atoms with Crippen LogP contribution >= 0.6 is 0 Å². The highest BCUT2D eigenvalue weighted by molar-refractivity contribution is 5.89. The molecular formula is C20H23N3O4. The van der Waals surface area contributed by atoms with Crippen LogP contribution in [0.2, 0.25) is 0 Å². The van der Waals surface area contributed by atoms with E-state index in [0.717, 1.165) is 25.4 Å². The molecular weight excluding hydrogens is 346 g/mol. The van der Waals surface area contributed by atoms with Crippen molar-refractivity contribution >= 4 is 11.7 Å². The number of benzene rings is 2. The molecule has 2 aromatic carbocycles. The number of amides is 2. The fraction of sp³-hybridized carbons (Fsp3) is 0.350. The molecule has 2 aromatic rings. The molecule has 7 nitrogen and oxygen atoms in total. The number of urea groups is 1. The fourth-order valence-electron chi connectivity index (χ4n) is 3.36. The third kappa shape index (κ3) is 3.93. The summed E-state index contributed by atoms with van der Waals surface area (Å²) in [5.41, 5.74) is 1.87. The highest BCUT2D eigenvalue weighted by Gasteiger charge is 2.22. The third-order valence-electron chi connectivity index (χ3n) is 4.87. The van der Waals surface area contributed by atoms with Gasteiger partial charge in [-0.2, -0.15) is 0 Å². The Labute approximate surface area is 158 Å². The predicted octanol–water partition coefficient (Wildman–Crippen LogP) is 2.77. The van der Waals surface area contributed by atoms with Crippen molar-refractivity contribution in [2.75, 3.05) is 45.4 Å². The number of para-hydroxylation sites is 1. The van der Waals surface area contributed by atoms with Gasteiger partial charge in [-0.05, 0) is 18.2 Å². The van der Waals surface area contributed by atoms with Crippen LogP contribution in [-0.4, -0.2) is 55.9 Å². The number of nitrogens with zero attached hydrogens (tertiary/aromatic N) is 2. The number of hydrogen-bond donors (Lipinski definition) is 1. The van der Waals surface area contributed by atoms with Gasteiger partial charge in [0.2, 0.25) is 6.79 Å². The molecule has 0 bridgehead atoms. The number of ether oxygens (including phenoxy) is 3. The topological polar surface area (TPSA) is 63.3 Å². The molecule has 1 fully saturated rings. The van der Waals surface area contributed by atoms with E-state index >= 15 is 0 Å². The van der Waals surface area contributed by atoms with Crippen LogP contribution in [0.4, 0.5) is 10.5 Å². The minimum atomic E-state index is -0.0918. The van der Waals surface area contributed by atoms with Gasteiger partial charge in [0.25, 0.3) is 0 Å². The first kappa shape index (κ1) is 17.5. The first-order valence-corrected chi connectivity index (χ1v) is 9.03. The Morgan fingerprint density at radius 3 is 2.67 bits per heavy atom. The lowest BCUT2D eigenvalue weighted by Crippen LogP contribution is -2.49. The van der Waals surface area contributed by atoms with Gasteiger partial charge in [0, 0.05) is 50.0 Å². The molecule has 0 spiro atoms. The number of fused-ring (bicyclic) bond motifs is 1. The van der Waals surface area contributed by atoms with Crippen LogP contribution in [0.25, 0.3) is 0 Å². The fourth-order valence-corrected chi connectivity index (χ4v) is 3.36. The summed E-state index contributed by atoms with van der Waals surface area (Å²) in [4.78, 5) is 16.7. The van der Waals surface area contributed by atoms with Crippen LogP contribution in [0.5, 0.6) is 17.2 Å². The molecule has 7 heteroatoms. The van der Waals surface area contributed by atoms with E-state index in [1.807, 2.05) is 35.2 Å². The van der Waals surface area contributed by atoms with Gasteiger partial charge in [-0.15, -0.1) is 0 Å². The molecule has 2 heterocycles. The summed E-state index contributed by atoms with van der Waals surface area (Å²) in [5.74, 6) is 2.27. The number of nitrogens with one attached hydrogen (secondary N) is 1. The molecule has 142 valence electrons. The minimum Gasteiger partial charge on any atom is -0.496 e. The summed E-state index contributed by atoms with van der Waals surface area (Å²) in [5, 5.41) is 2.94. The minimum absolute atomic E-state index is 0.0918. The Bertz CT molecular complexity index is 819. The number of piperazine rings is 1. The lowest BCUT2D eigenvalue weighted by molar-refractivity contribution is 0.142. The Morgan fingerprint density at radius 2 is 1.85 bits per heavy atom. The summed E-state index contributed by atoms with van der Waals surface area (Å²) in [6.07, 6.45) is 0. The second-order valence-corrected chi connectivity index (χ2v) is 6.57. The molecule has 0 unspecified atom stereocenters. The van der Waals surface area contributed by atoms with Crippen molar-refractivity contribution in [1.82, 2.24) is 9.80 Å². The summed E-state index contributed by atoms with van der Waals surface area (Å²) >= 11 is 0. The first-order chi connectivity index (χ1) is 13.2. The van der Waals surface area contributed by atoms with E-state index < -0.39 is 0 Å². The molecule has 0 aliphatic carbocycles. The van der Waals surface area contributed by atoms with Crippen LogP contribution in [0.3, 0.4) is 0 Å². The second-order valence-electron chi connectivity index (χ2n) is 6.57. The SMILES string of the molecule is COc1ccccc1CN1CCN(C(=O)Nc2ccc3c(c2)OCO3)CC1. The van der Waals surface area contributed by atoms with E-state index in [9.17, 15) is 4.79 Å². The lowest BCUT2D eigenvalue weighted by atomic mass is 10.1. The molecule has 2 amide bonds. The first-order valence-electron chi connectivity index (χ1n) is 9.03. The molecule has 0 radical (unpaired) electrons. The standard InChI is InChI=1S/C20H23N3O4/c1-25-17-5-3-2-4-15(17)13-22-8-10-23(11-9-22)20(24)21-16-6-7-18-19(12-16)27-14-26-18/h2-7,12H,8-11,13-14H2,1H3,(H,21,24). The van der Waals surface area contributed by atoms with Crippen LogP contribution in [0, 0.1) is 0 Å². The second kappa shape index (κ2) is 7.75. The van der Waals surface area contributed by atoms with Crippen molar-refractivity contribution < 1.29 is 19.0 Å². The third-order valence-corrected chi connectivity index (χ3v) is 4.87. The highest BCUT2D eigenvalue weighted by Crippen LogP contribution is 2.34. The summed E-state index contributed by atoms with van der Waals surface area (Å²) in [6, 6.07) is 13.4. The normalized spacial score (nSPS) is 16.3. The summed E-state index contributed by atoms with van der Waals surface area (Å²) in [7, 11) is 1.69. The Morgan fingerprint density at radius 1 is 1.07 bits per heavy atom. The van der Waals surface area contributed by atoms with Gasteiger partial charge in [-0.3, -0.25) is 4.90 Å². The van der Waals surface area contributed by atoms with Gasteiger partial charge in [0.05, 0.1) is 7.11 Å². The maximum atomic E-state index is 12.5. The van der Waals surface area contributed by atoms with Crippen LogP contribution in [0.1, 0.15) is 5.56 Å². The van der Waals surface area contributed by atoms with Gasteiger partial charge >= 0.3 is 6.03 Å². The van der Waals surface area contributed by atoms with Gasteiger partial charge in [-0.25, -0.2) is 4.79 Å². The molecule has 0 atom stereocenters. The van der Waals surface area contributed by atoms with E-state index in [1.165, 1.54) is 5.56 Å². The van der Waals surface area contributed by atoms with Gasteiger partial charge in [-0.1, -0.05) is 18.2 Å². The maximum Gasteiger partial charge on any atom is 0.321 e. The summed E-state index contributed by atoms with van der Waals surface area (Å²) in [6.45, 7) is 4.07. The largest absolute Gasteiger partial charge is 0.496 e. The van der Waals surface area contributed by atoms with E-state index in [0.29, 0.717) is 30.3 Å². The Balaban J connectivity index is 1.30. The summed E-state index contributed by atoms with van der Waals surface area (Å²) < 4.78 is 16.1. The van der Waals surface area contributed by atoms with E-state index in [2.05, 4.69) is 16.3 Å². The van der Waals surface area contributed by atoms with Crippen LogP contribution in [0.15, 0.2) is 42.5 Å². The zero-order chi connectivity index (χ0) is 18.6. The number of rotatable bonds is 4. The van der Waals surface area contributed by atoms with Crippen LogP contribution < -0.4 is 19.5 Å². The van der Waals surface area contributed by atoms with Gasteiger partial charge < -0.3 is 24.4 Å². The smallest absolute Gasteiger partial charge is 0.321 e. The Kier molecular flexibility index (Phi) is 5.02. The zero-order valence-electron chi connectivity index (χ0n) is 15.3. The van der Waals surface area contributed by atoms with Crippen molar-refractivity contribution in [3.8, 4) is 17.2 Å². The molecule has 1 saturated heterocycles. The van der Waals surface area contributed by atoms with Crippen molar-refractivity contribution in [1.29, 1.82) is 0 Å². The van der Waals surface area contributed by atoms with Gasteiger partial charge in [0.15, 0.2) is 11.5 Å². The quantitative estimate of drug-likeness (QED) is 0.898. The average Bonchev–Trinajstić information content (AvgIpc) is 3.17. The Hall–Kier alpha value is -2.93. The van der Waals surface area contributed by atoms with Crippen molar-refractivity contribution in [3.63, 3.8) is 0 Å². The highest BCUT2D eigenvalue weighted by atomic mass is 16.7. The molecule has 0 saturated carbocycles. The number of carbonyl (C=O) groups excluding carboxylic acids is 1. The molecule has 4 rings (SSSR count). The zero-order valence-corrected chi connectivity index (χ0v) is 15.3. The number of methoxy groups -OCH3 is 1. The van der Waals surface area contributed by atoms with E-state index in [4.69, 9.17) is 14.2 Å². The van der Waals surface area contributed by atoms with Gasteiger partial charge in [0.1, 0.15) is 5.75 Å². The molecule has 1 N–H and O–H groups in total. The van der Waals surface area contributed by atoms with Crippen molar-refractivity contribution in [3.05, 3.63) is 48.0 Å². The molecule has 0 aromatic heterocycles. The number of anilines is 1. The van der Waals surface area contributed by atoms with Crippen molar-refractivity contribution in [2.24, 2.45) is 0 Å². The monoisotopic (exact) mass is 369 g/mol. The maximum absolute atomic E-state index is 12.5. The van der Waals surface area contributed by atoms with Crippen LogP contribution in [-0.2, 0) is 6.54 Å². The average molecular weight is 369 g/mol. The van der Waals surface area contributed by atoms with E-state index in [-0.39, 0.29) is 12.8 Å². The predicted molar refractivity (Wildman–Crippen MR) is 101 cm³/mol. The lowest BCUT2D eigenvalue weighted by Gasteiger charge is -2.34. The van der Waals surface area contributed by atoms with Crippen molar-refractivity contribution in [2.45, 2.75) is 6.54 Å². The number of hydrogen-bond acceptors (Lipinski definition) is 5. The van der Waals surface area contributed by atoms with E-state index in [1.54, 1.807) is 13.2 Å². The molecule has 2 aliphatic rings.